The molecule has 4 heteroatoms. The van der Waals surface area contributed by atoms with Crippen LogP contribution in [0, 0.1) is 0 Å². The molecule has 0 bridgehead atoms. The average molecular weight is 691 g/mol. The minimum absolute atomic E-state index is 1.23. The van der Waals surface area contributed by atoms with E-state index in [1.807, 2.05) is 45.3 Å². The number of aryl methyl sites for hydroxylation is 2. The summed E-state index contributed by atoms with van der Waals surface area (Å²) in [6.07, 6.45) is 30.5. The highest BCUT2D eigenvalue weighted by atomic mass is 32.1. The summed E-state index contributed by atoms with van der Waals surface area (Å²) in [5.74, 6) is 0. The maximum atomic E-state index is 2.47. The Morgan fingerprint density at radius 2 is 0.761 bits per heavy atom. The molecule has 0 nitrogen and oxygen atoms in total. The van der Waals surface area contributed by atoms with Gasteiger partial charge in [0.2, 0.25) is 0 Å². The van der Waals surface area contributed by atoms with Crippen LogP contribution in [0.25, 0.3) is 39.7 Å². The van der Waals surface area contributed by atoms with Gasteiger partial charge in [-0.25, -0.2) is 0 Å². The molecule has 1 aromatic carbocycles. The Hall–Kier alpha value is -1.46. The summed E-state index contributed by atoms with van der Waals surface area (Å²) in [7, 11) is 0. The topological polar surface area (TPSA) is 0 Å². The predicted molar refractivity (Wildman–Crippen MR) is 215 cm³/mol. The van der Waals surface area contributed by atoms with Gasteiger partial charge in [-0.2, -0.15) is 0 Å². The van der Waals surface area contributed by atoms with Gasteiger partial charge in [-0.3, -0.25) is 0 Å². The molecule has 5 aromatic rings. The molecule has 0 saturated carbocycles. The summed E-state index contributed by atoms with van der Waals surface area (Å²) < 4.78 is 2.86. The number of hydrogen-bond donors (Lipinski definition) is 0. The standard InChI is InChI=1S/C42H58S4/c1-3-5-7-9-11-13-15-17-19-21-23-33-25-27-43-41(33)39-31-35-29-38-36(30-37(35)45-39)32-40(46-38)42-34(26-28-44-42)24-22-20-18-16-14-12-10-8-6-4-2/h25-32H,3-24H2,1-2H3. The number of thiophene rings is 4. The number of hydrogen-bond acceptors (Lipinski definition) is 4. The first-order chi connectivity index (χ1) is 22.8. The average Bonchev–Trinajstić information content (AvgIpc) is 3.87. The number of unbranched alkanes of at least 4 members (excludes halogenated alkanes) is 18. The van der Waals surface area contributed by atoms with Crippen LogP contribution in [0.15, 0.2) is 47.2 Å². The van der Waals surface area contributed by atoms with E-state index in [4.69, 9.17) is 0 Å². The minimum atomic E-state index is 1.23. The van der Waals surface area contributed by atoms with E-state index in [9.17, 15) is 0 Å². The number of fused-ring (bicyclic) bond motifs is 2. The molecule has 0 aliphatic rings. The lowest BCUT2D eigenvalue weighted by molar-refractivity contribution is 0.556. The molecular weight excluding hydrogens is 633 g/mol. The van der Waals surface area contributed by atoms with Gasteiger partial charge in [0.25, 0.3) is 0 Å². The first-order valence-electron chi connectivity index (χ1n) is 18.9. The molecule has 250 valence electrons. The summed E-state index contributed by atoms with van der Waals surface area (Å²) in [6, 6.07) is 14.6. The Balaban J connectivity index is 1.10. The third-order valence-electron chi connectivity index (χ3n) is 9.70. The lowest BCUT2D eigenvalue weighted by Crippen LogP contribution is -1.86. The molecule has 0 amide bonds. The van der Waals surface area contributed by atoms with E-state index in [-0.39, 0.29) is 0 Å². The maximum absolute atomic E-state index is 2.47. The fraction of sp³-hybridized carbons (Fsp3) is 0.571. The highest BCUT2D eigenvalue weighted by Crippen LogP contribution is 2.44. The Morgan fingerprint density at radius 1 is 0.413 bits per heavy atom. The van der Waals surface area contributed by atoms with Gasteiger partial charge in [-0.1, -0.05) is 129 Å². The normalized spacial score (nSPS) is 11.9. The van der Waals surface area contributed by atoms with Crippen LogP contribution in [0.3, 0.4) is 0 Å². The van der Waals surface area contributed by atoms with Crippen molar-refractivity contribution < 1.29 is 0 Å². The van der Waals surface area contributed by atoms with Gasteiger partial charge < -0.3 is 0 Å². The van der Waals surface area contributed by atoms with E-state index < -0.39 is 0 Å². The van der Waals surface area contributed by atoms with Crippen molar-refractivity contribution in [3.8, 4) is 19.5 Å². The van der Waals surface area contributed by atoms with Crippen molar-refractivity contribution in [1.82, 2.24) is 0 Å². The molecule has 4 heterocycles. The third-order valence-corrected chi connectivity index (χ3v) is 14.2. The van der Waals surface area contributed by atoms with Crippen molar-refractivity contribution in [2.45, 2.75) is 155 Å². The molecule has 5 rings (SSSR count). The van der Waals surface area contributed by atoms with E-state index in [1.54, 1.807) is 11.1 Å². The number of rotatable bonds is 24. The Morgan fingerprint density at radius 3 is 1.13 bits per heavy atom. The van der Waals surface area contributed by atoms with Gasteiger partial charge in [-0.05, 0) is 94.7 Å². The van der Waals surface area contributed by atoms with Crippen molar-refractivity contribution in [2.75, 3.05) is 0 Å². The summed E-state index contributed by atoms with van der Waals surface area (Å²) in [6.45, 7) is 4.61. The summed E-state index contributed by atoms with van der Waals surface area (Å²) in [5, 5.41) is 7.45. The molecule has 0 aliphatic carbocycles. The molecule has 46 heavy (non-hydrogen) atoms. The Labute approximate surface area is 296 Å². The molecular formula is C42H58S4. The largest absolute Gasteiger partial charge is 0.143 e. The Kier molecular flexibility index (Phi) is 15.7. The van der Waals surface area contributed by atoms with Gasteiger partial charge in [0, 0.05) is 28.9 Å². The van der Waals surface area contributed by atoms with Crippen molar-refractivity contribution in [2.24, 2.45) is 0 Å². The number of benzene rings is 1. The van der Waals surface area contributed by atoms with E-state index in [2.05, 4.69) is 61.0 Å². The van der Waals surface area contributed by atoms with Gasteiger partial charge in [0.15, 0.2) is 0 Å². The van der Waals surface area contributed by atoms with Gasteiger partial charge in [0.05, 0.1) is 0 Å². The molecule has 0 aliphatic heterocycles. The lowest BCUT2D eigenvalue weighted by Gasteiger charge is -2.04. The highest BCUT2D eigenvalue weighted by molar-refractivity contribution is 7.27. The monoisotopic (exact) mass is 690 g/mol. The summed E-state index contributed by atoms with van der Waals surface area (Å²) in [5.41, 5.74) is 3.13. The zero-order valence-electron chi connectivity index (χ0n) is 28.8. The Bertz CT molecular complexity index is 1380. The van der Waals surface area contributed by atoms with Crippen LogP contribution >= 0.6 is 45.3 Å². The molecule has 0 N–H and O–H groups in total. The SMILES string of the molecule is CCCCCCCCCCCCc1ccsc1-c1cc2cc3sc(-c4sccc4CCCCCCCCCCCC)cc3cc2s1. The van der Waals surface area contributed by atoms with Crippen molar-refractivity contribution >= 4 is 65.5 Å². The highest BCUT2D eigenvalue weighted by Gasteiger charge is 2.15. The molecule has 0 fully saturated rings. The third kappa shape index (κ3) is 10.8. The van der Waals surface area contributed by atoms with Gasteiger partial charge in [-0.15, -0.1) is 45.3 Å². The van der Waals surface area contributed by atoms with Crippen LogP contribution in [0.1, 0.15) is 153 Å². The van der Waals surface area contributed by atoms with E-state index >= 15 is 0 Å². The molecule has 0 radical (unpaired) electrons. The molecule has 0 unspecified atom stereocenters. The fourth-order valence-electron chi connectivity index (χ4n) is 6.90. The molecule has 0 saturated heterocycles. The summed E-state index contributed by atoms with van der Waals surface area (Å²) in [4.78, 5) is 5.94. The second-order valence-electron chi connectivity index (χ2n) is 13.6. The smallest absolute Gasteiger partial charge is 0.0474 e. The maximum Gasteiger partial charge on any atom is 0.0474 e. The van der Waals surface area contributed by atoms with Crippen molar-refractivity contribution in [3.05, 3.63) is 58.3 Å². The zero-order valence-corrected chi connectivity index (χ0v) is 32.1. The minimum Gasteiger partial charge on any atom is -0.143 e. The fourth-order valence-corrected chi connectivity index (χ4v) is 11.3. The second-order valence-corrected chi connectivity index (χ2v) is 17.6. The summed E-state index contributed by atoms with van der Waals surface area (Å²) >= 11 is 7.86. The first kappa shape index (κ1) is 35.8. The predicted octanol–water partition coefficient (Wildman–Crippen LogP) is 16.5. The van der Waals surface area contributed by atoms with E-state index in [0.717, 1.165) is 0 Å². The van der Waals surface area contributed by atoms with Gasteiger partial charge >= 0.3 is 0 Å². The van der Waals surface area contributed by atoms with Crippen LogP contribution in [-0.4, -0.2) is 0 Å². The van der Waals surface area contributed by atoms with Crippen LogP contribution in [0.2, 0.25) is 0 Å². The van der Waals surface area contributed by atoms with Gasteiger partial charge in [0.1, 0.15) is 0 Å². The first-order valence-corrected chi connectivity index (χ1v) is 22.3. The van der Waals surface area contributed by atoms with E-state index in [1.165, 1.54) is 181 Å². The van der Waals surface area contributed by atoms with E-state index in [0.29, 0.717) is 0 Å². The molecule has 4 aromatic heterocycles. The zero-order chi connectivity index (χ0) is 31.8. The lowest BCUT2D eigenvalue weighted by atomic mass is 10.0. The quantitative estimate of drug-likeness (QED) is 0.0565. The molecule has 0 spiro atoms. The molecule has 0 atom stereocenters. The van der Waals surface area contributed by atoms with Crippen molar-refractivity contribution in [1.29, 1.82) is 0 Å². The van der Waals surface area contributed by atoms with Crippen LogP contribution in [-0.2, 0) is 12.8 Å². The second kappa shape index (κ2) is 20.1. The van der Waals surface area contributed by atoms with Crippen LogP contribution in [0.5, 0.6) is 0 Å². The van der Waals surface area contributed by atoms with Crippen LogP contribution in [0.4, 0.5) is 0 Å². The van der Waals surface area contributed by atoms with Crippen LogP contribution < -0.4 is 0 Å². The van der Waals surface area contributed by atoms with Crippen molar-refractivity contribution in [3.63, 3.8) is 0 Å².